The molecule has 1 aromatic rings. The quantitative estimate of drug-likeness (QED) is 0.684. The van der Waals surface area contributed by atoms with E-state index in [0.29, 0.717) is 18.2 Å². The molecule has 0 radical (unpaired) electrons. The molecule has 110 valence electrons. The summed E-state index contributed by atoms with van der Waals surface area (Å²) in [6, 6.07) is 2.21. The van der Waals surface area contributed by atoms with E-state index < -0.39 is 35.4 Å². The van der Waals surface area contributed by atoms with Gasteiger partial charge >= 0.3 is 18.5 Å². The van der Waals surface area contributed by atoms with Crippen molar-refractivity contribution >= 4 is 12.0 Å². The number of rotatable bonds is 3. The monoisotopic (exact) mass is 300 g/mol. The highest BCUT2D eigenvalue weighted by Crippen LogP contribution is 2.41. The maximum Gasteiger partial charge on any atom is 0.573 e. The number of benzene rings is 1. The Morgan fingerprint density at radius 3 is 2.20 bits per heavy atom. The first kappa shape index (κ1) is 15.9. The number of halogens is 6. The number of carbonyl (C=O) groups is 1. The van der Waals surface area contributed by atoms with Crippen molar-refractivity contribution in [3.8, 4) is 5.75 Å². The summed E-state index contributed by atoms with van der Waals surface area (Å²) in [7, 11) is 0. The highest BCUT2D eigenvalue weighted by molar-refractivity contribution is 5.85. The minimum Gasteiger partial charge on any atom is -0.478 e. The molecule has 0 aliphatic carbocycles. The zero-order valence-electron chi connectivity index (χ0n) is 9.42. The second-order valence-electron chi connectivity index (χ2n) is 3.44. The van der Waals surface area contributed by atoms with Crippen LogP contribution in [0.1, 0.15) is 11.1 Å². The molecule has 20 heavy (non-hydrogen) atoms. The van der Waals surface area contributed by atoms with Gasteiger partial charge in [-0.15, -0.1) is 13.2 Å². The zero-order chi connectivity index (χ0) is 15.6. The Balaban J connectivity index is 3.39. The van der Waals surface area contributed by atoms with E-state index in [9.17, 15) is 31.1 Å². The number of carboxylic acids is 1. The minimum absolute atomic E-state index is 0.377. The van der Waals surface area contributed by atoms with Crippen molar-refractivity contribution < 1.29 is 41.0 Å². The maximum absolute atomic E-state index is 12.8. The van der Waals surface area contributed by atoms with Crippen LogP contribution in [0.3, 0.4) is 0 Å². The molecule has 0 bridgehead atoms. The van der Waals surface area contributed by atoms with Crippen LogP contribution in [-0.4, -0.2) is 17.4 Å². The molecule has 0 spiro atoms. The fourth-order valence-corrected chi connectivity index (χ4v) is 1.36. The highest BCUT2D eigenvalue weighted by Gasteiger charge is 2.40. The summed E-state index contributed by atoms with van der Waals surface area (Å²) in [6.07, 6.45) is -9.52. The molecular weight excluding hydrogens is 294 g/mol. The molecule has 1 rings (SSSR count). The Hall–Kier alpha value is -2.19. The van der Waals surface area contributed by atoms with Crippen molar-refractivity contribution in [2.75, 3.05) is 0 Å². The minimum atomic E-state index is -5.30. The van der Waals surface area contributed by atoms with Gasteiger partial charge in [-0.1, -0.05) is 12.1 Å². The van der Waals surface area contributed by atoms with E-state index in [4.69, 9.17) is 5.11 Å². The summed E-state index contributed by atoms with van der Waals surface area (Å²) < 4.78 is 77.8. The molecule has 9 heteroatoms. The highest BCUT2D eigenvalue weighted by atomic mass is 19.4. The van der Waals surface area contributed by atoms with Crippen molar-refractivity contribution in [3.05, 3.63) is 35.4 Å². The van der Waals surface area contributed by atoms with Gasteiger partial charge in [-0.3, -0.25) is 0 Å². The van der Waals surface area contributed by atoms with Gasteiger partial charge in [-0.2, -0.15) is 13.2 Å². The van der Waals surface area contributed by atoms with Crippen LogP contribution in [-0.2, 0) is 11.0 Å². The lowest BCUT2D eigenvalue weighted by atomic mass is 10.1. The first-order chi connectivity index (χ1) is 9.00. The summed E-state index contributed by atoms with van der Waals surface area (Å²) in [5.41, 5.74) is -2.45. The fraction of sp³-hybridized carbons (Fsp3) is 0.182. The lowest BCUT2D eigenvalue weighted by Gasteiger charge is -2.17. The van der Waals surface area contributed by atoms with Crippen LogP contribution in [0.2, 0.25) is 0 Å². The third kappa shape index (κ3) is 4.48. The standard InChI is InChI=1S/C11H6F6O3/c12-10(13,14)9-6(4-5-8(18)19)2-1-3-7(9)20-11(15,16)17/h1-5H,(H,18,19)/b5-4+. The molecular formula is C11H6F6O3. The summed E-state index contributed by atoms with van der Waals surface area (Å²) in [6.45, 7) is 0. The Bertz CT molecular complexity index is 530. The number of alkyl halides is 6. The van der Waals surface area contributed by atoms with Gasteiger partial charge in [0.15, 0.2) is 0 Å². The van der Waals surface area contributed by atoms with Gasteiger partial charge in [-0.25, -0.2) is 4.79 Å². The number of hydrogen-bond acceptors (Lipinski definition) is 2. The third-order valence-corrected chi connectivity index (χ3v) is 1.97. The number of ether oxygens (including phenoxy) is 1. The molecule has 0 aliphatic heterocycles. The number of hydrogen-bond donors (Lipinski definition) is 1. The molecule has 0 amide bonds. The topological polar surface area (TPSA) is 46.5 Å². The van der Waals surface area contributed by atoms with Crippen LogP contribution >= 0.6 is 0 Å². The lowest BCUT2D eigenvalue weighted by molar-refractivity contribution is -0.276. The van der Waals surface area contributed by atoms with Crippen LogP contribution in [0, 0.1) is 0 Å². The molecule has 1 N–H and O–H groups in total. The molecule has 3 nitrogen and oxygen atoms in total. The molecule has 0 unspecified atom stereocenters. The molecule has 0 atom stereocenters. The molecule has 0 fully saturated rings. The Morgan fingerprint density at radius 1 is 1.15 bits per heavy atom. The van der Waals surface area contributed by atoms with Gasteiger partial charge < -0.3 is 9.84 Å². The SMILES string of the molecule is O=C(O)/C=C/c1cccc(OC(F)(F)F)c1C(F)(F)F. The first-order valence-corrected chi connectivity index (χ1v) is 4.87. The predicted molar refractivity (Wildman–Crippen MR) is 54.8 cm³/mol. The smallest absolute Gasteiger partial charge is 0.478 e. The normalized spacial score (nSPS) is 12.7. The fourth-order valence-electron chi connectivity index (χ4n) is 1.36. The second kappa shape index (κ2) is 5.43. The van der Waals surface area contributed by atoms with Crippen LogP contribution in [0.4, 0.5) is 26.3 Å². The van der Waals surface area contributed by atoms with E-state index in [1.807, 2.05) is 0 Å². The van der Waals surface area contributed by atoms with Gasteiger partial charge in [0.05, 0.1) is 0 Å². The summed E-state index contributed by atoms with van der Waals surface area (Å²) in [5, 5.41) is 8.34. The van der Waals surface area contributed by atoms with E-state index in [2.05, 4.69) is 4.74 Å². The van der Waals surface area contributed by atoms with Gasteiger partial charge in [-0.05, 0) is 17.7 Å². The van der Waals surface area contributed by atoms with Crippen molar-refractivity contribution in [3.63, 3.8) is 0 Å². The van der Waals surface area contributed by atoms with Gasteiger partial charge in [0.1, 0.15) is 11.3 Å². The van der Waals surface area contributed by atoms with Gasteiger partial charge in [0, 0.05) is 6.08 Å². The van der Waals surface area contributed by atoms with Crippen LogP contribution in [0.15, 0.2) is 24.3 Å². The maximum atomic E-state index is 12.8. The van der Waals surface area contributed by atoms with E-state index in [-0.39, 0.29) is 0 Å². The van der Waals surface area contributed by atoms with E-state index >= 15 is 0 Å². The van der Waals surface area contributed by atoms with E-state index in [1.165, 1.54) is 0 Å². The summed E-state index contributed by atoms with van der Waals surface area (Å²) in [5.74, 6) is -2.99. The van der Waals surface area contributed by atoms with Crippen LogP contribution in [0.5, 0.6) is 5.75 Å². The second-order valence-corrected chi connectivity index (χ2v) is 3.44. The average Bonchev–Trinajstić information content (AvgIpc) is 2.22. The Labute approximate surface area is 108 Å². The van der Waals surface area contributed by atoms with Crippen molar-refractivity contribution in [2.24, 2.45) is 0 Å². The third-order valence-electron chi connectivity index (χ3n) is 1.97. The summed E-state index contributed by atoms with van der Waals surface area (Å²) >= 11 is 0. The number of aliphatic carboxylic acids is 1. The zero-order valence-corrected chi connectivity index (χ0v) is 9.42. The lowest BCUT2D eigenvalue weighted by Crippen LogP contribution is -2.20. The van der Waals surface area contributed by atoms with Crippen molar-refractivity contribution in [1.29, 1.82) is 0 Å². The Kier molecular flexibility index (Phi) is 4.31. The Morgan fingerprint density at radius 2 is 1.75 bits per heavy atom. The van der Waals surface area contributed by atoms with Crippen LogP contribution in [0.25, 0.3) is 6.08 Å². The van der Waals surface area contributed by atoms with Crippen molar-refractivity contribution in [2.45, 2.75) is 12.5 Å². The average molecular weight is 300 g/mol. The largest absolute Gasteiger partial charge is 0.573 e. The molecule has 0 saturated heterocycles. The summed E-state index contributed by atoms with van der Waals surface area (Å²) in [4.78, 5) is 10.3. The van der Waals surface area contributed by atoms with Gasteiger partial charge in [0.2, 0.25) is 0 Å². The van der Waals surface area contributed by atoms with Gasteiger partial charge in [0.25, 0.3) is 0 Å². The van der Waals surface area contributed by atoms with Crippen molar-refractivity contribution in [1.82, 2.24) is 0 Å². The molecule has 0 aromatic heterocycles. The van der Waals surface area contributed by atoms with E-state index in [0.717, 1.165) is 12.1 Å². The van der Waals surface area contributed by atoms with Crippen LogP contribution < -0.4 is 4.74 Å². The molecule has 1 aromatic carbocycles. The molecule has 0 aliphatic rings. The predicted octanol–water partition coefficient (Wildman–Crippen LogP) is 3.70. The van der Waals surface area contributed by atoms with E-state index in [1.54, 1.807) is 0 Å². The molecule has 0 heterocycles. The first-order valence-electron chi connectivity index (χ1n) is 4.87. The molecule has 0 saturated carbocycles. The number of carboxylic acid groups (broad SMARTS) is 1.